The Morgan fingerprint density at radius 2 is 2.23 bits per heavy atom. The number of thiophene rings is 1. The molecule has 0 spiro atoms. The predicted molar refractivity (Wildman–Crippen MR) is 104 cm³/mol. The Balaban J connectivity index is 1.34. The number of hydrogen-bond acceptors (Lipinski definition) is 6. The van der Waals surface area contributed by atoms with Gasteiger partial charge >= 0.3 is 0 Å². The molecule has 7 heteroatoms. The second kappa shape index (κ2) is 7.55. The standard InChI is InChI=1S/C19H19N3O2S2/c1-12-17(26-19(22-12)15-3-2-8-25-15)18(23)21-10-14-6-7-16(20-9-14)24-11-13-4-5-13/h2-3,6-9,13H,4-5,10-11H2,1H3,(H,21,23). The summed E-state index contributed by atoms with van der Waals surface area (Å²) in [5.41, 5.74) is 1.70. The number of amides is 1. The number of pyridine rings is 1. The van der Waals surface area contributed by atoms with Crippen molar-refractivity contribution < 1.29 is 9.53 Å². The van der Waals surface area contributed by atoms with E-state index in [1.165, 1.54) is 24.2 Å². The Morgan fingerprint density at radius 3 is 2.92 bits per heavy atom. The van der Waals surface area contributed by atoms with Gasteiger partial charge in [0.25, 0.3) is 5.91 Å². The fourth-order valence-corrected chi connectivity index (χ4v) is 4.24. The van der Waals surface area contributed by atoms with Gasteiger partial charge in [-0.2, -0.15) is 0 Å². The van der Waals surface area contributed by atoms with Gasteiger partial charge in [0.05, 0.1) is 17.2 Å². The maximum Gasteiger partial charge on any atom is 0.263 e. The molecule has 0 atom stereocenters. The summed E-state index contributed by atoms with van der Waals surface area (Å²) in [7, 11) is 0. The first-order valence-corrected chi connectivity index (χ1v) is 10.3. The van der Waals surface area contributed by atoms with Crippen LogP contribution in [0.25, 0.3) is 9.88 Å². The molecule has 1 N–H and O–H groups in total. The van der Waals surface area contributed by atoms with Gasteiger partial charge in [-0.25, -0.2) is 9.97 Å². The van der Waals surface area contributed by atoms with Crippen molar-refractivity contribution in [1.82, 2.24) is 15.3 Å². The minimum atomic E-state index is -0.100. The molecule has 0 aromatic carbocycles. The zero-order valence-corrected chi connectivity index (χ0v) is 16.0. The molecule has 1 aliphatic carbocycles. The SMILES string of the molecule is Cc1nc(-c2cccs2)sc1C(=O)NCc1ccc(OCC2CC2)nc1. The summed E-state index contributed by atoms with van der Waals surface area (Å²) in [5, 5.41) is 5.85. The number of rotatable bonds is 7. The Hall–Kier alpha value is -2.25. The van der Waals surface area contributed by atoms with E-state index in [1.807, 2.05) is 36.6 Å². The monoisotopic (exact) mass is 385 g/mol. The van der Waals surface area contributed by atoms with E-state index in [2.05, 4.69) is 15.3 Å². The number of carbonyl (C=O) groups excluding carboxylic acids is 1. The maximum atomic E-state index is 12.5. The van der Waals surface area contributed by atoms with E-state index in [4.69, 9.17) is 4.74 Å². The van der Waals surface area contributed by atoms with E-state index in [9.17, 15) is 4.79 Å². The molecule has 1 amide bonds. The lowest BCUT2D eigenvalue weighted by Crippen LogP contribution is -2.22. The van der Waals surface area contributed by atoms with Crippen LogP contribution in [0.15, 0.2) is 35.8 Å². The number of hydrogen-bond donors (Lipinski definition) is 1. The molecule has 0 unspecified atom stereocenters. The highest BCUT2D eigenvalue weighted by Crippen LogP contribution is 2.31. The van der Waals surface area contributed by atoms with Crippen LogP contribution in [0.1, 0.15) is 33.8 Å². The van der Waals surface area contributed by atoms with Gasteiger partial charge in [0.15, 0.2) is 0 Å². The van der Waals surface area contributed by atoms with Crippen LogP contribution in [-0.2, 0) is 6.54 Å². The lowest BCUT2D eigenvalue weighted by Gasteiger charge is -2.06. The quantitative estimate of drug-likeness (QED) is 0.659. The molecule has 134 valence electrons. The molecule has 0 radical (unpaired) electrons. The van der Waals surface area contributed by atoms with E-state index in [-0.39, 0.29) is 5.91 Å². The van der Waals surface area contributed by atoms with Crippen molar-refractivity contribution in [2.45, 2.75) is 26.3 Å². The molecule has 0 aliphatic heterocycles. The van der Waals surface area contributed by atoms with Crippen molar-refractivity contribution in [2.75, 3.05) is 6.61 Å². The van der Waals surface area contributed by atoms with Crippen LogP contribution >= 0.6 is 22.7 Å². The van der Waals surface area contributed by atoms with Gasteiger partial charge in [-0.15, -0.1) is 22.7 Å². The average Bonchev–Trinajstić information content (AvgIpc) is 3.15. The van der Waals surface area contributed by atoms with E-state index in [0.29, 0.717) is 23.2 Å². The van der Waals surface area contributed by atoms with E-state index in [1.54, 1.807) is 17.5 Å². The molecule has 3 heterocycles. The molecule has 1 aliphatic rings. The zero-order chi connectivity index (χ0) is 17.9. The Kier molecular flexibility index (Phi) is 4.99. The third-order valence-corrected chi connectivity index (χ3v) is 6.34. The van der Waals surface area contributed by atoms with Crippen LogP contribution in [0.4, 0.5) is 0 Å². The largest absolute Gasteiger partial charge is 0.477 e. The normalized spacial score (nSPS) is 13.6. The summed E-state index contributed by atoms with van der Waals surface area (Å²) in [4.78, 5) is 23.1. The molecule has 5 nitrogen and oxygen atoms in total. The Bertz CT molecular complexity index is 884. The highest BCUT2D eigenvalue weighted by Gasteiger charge is 2.22. The van der Waals surface area contributed by atoms with Crippen LogP contribution < -0.4 is 10.1 Å². The van der Waals surface area contributed by atoms with Gasteiger partial charge in [-0.1, -0.05) is 12.1 Å². The van der Waals surface area contributed by atoms with Crippen molar-refractivity contribution in [3.8, 4) is 15.8 Å². The van der Waals surface area contributed by atoms with Gasteiger partial charge in [-0.3, -0.25) is 4.79 Å². The smallest absolute Gasteiger partial charge is 0.263 e. The van der Waals surface area contributed by atoms with Crippen molar-refractivity contribution >= 4 is 28.6 Å². The summed E-state index contributed by atoms with van der Waals surface area (Å²) >= 11 is 3.06. The molecule has 26 heavy (non-hydrogen) atoms. The fraction of sp³-hybridized carbons (Fsp3) is 0.316. The Morgan fingerprint density at radius 1 is 1.35 bits per heavy atom. The minimum Gasteiger partial charge on any atom is -0.477 e. The molecular formula is C19H19N3O2S2. The summed E-state index contributed by atoms with van der Waals surface area (Å²) in [6, 6.07) is 7.80. The molecule has 1 fully saturated rings. The molecule has 0 bridgehead atoms. The van der Waals surface area contributed by atoms with Crippen LogP contribution in [0, 0.1) is 12.8 Å². The third-order valence-electron chi connectivity index (χ3n) is 4.15. The van der Waals surface area contributed by atoms with Gasteiger partial charge in [-0.05, 0) is 42.7 Å². The first-order valence-electron chi connectivity index (χ1n) is 8.56. The highest BCUT2D eigenvalue weighted by molar-refractivity contribution is 7.22. The van der Waals surface area contributed by atoms with Gasteiger partial charge < -0.3 is 10.1 Å². The van der Waals surface area contributed by atoms with Crippen molar-refractivity contribution in [3.63, 3.8) is 0 Å². The molecule has 3 aromatic rings. The molecule has 1 saturated carbocycles. The zero-order valence-electron chi connectivity index (χ0n) is 14.4. The number of ether oxygens (including phenoxy) is 1. The number of aromatic nitrogens is 2. The lowest BCUT2D eigenvalue weighted by atomic mass is 10.3. The summed E-state index contributed by atoms with van der Waals surface area (Å²) in [5.74, 6) is 1.25. The highest BCUT2D eigenvalue weighted by atomic mass is 32.1. The minimum absolute atomic E-state index is 0.100. The summed E-state index contributed by atoms with van der Waals surface area (Å²) in [6.07, 6.45) is 4.27. The first-order chi connectivity index (χ1) is 12.7. The lowest BCUT2D eigenvalue weighted by molar-refractivity contribution is 0.0954. The van der Waals surface area contributed by atoms with Crippen molar-refractivity contribution in [2.24, 2.45) is 5.92 Å². The van der Waals surface area contributed by atoms with Crippen LogP contribution in [0.5, 0.6) is 5.88 Å². The predicted octanol–water partition coefficient (Wildman–Crippen LogP) is 4.29. The van der Waals surface area contributed by atoms with Crippen LogP contribution in [-0.4, -0.2) is 22.5 Å². The number of thiazole rings is 1. The topological polar surface area (TPSA) is 64.1 Å². The number of aryl methyl sites for hydroxylation is 1. The Labute approximate surface area is 160 Å². The van der Waals surface area contributed by atoms with E-state index in [0.717, 1.165) is 27.7 Å². The van der Waals surface area contributed by atoms with Gasteiger partial charge in [0.2, 0.25) is 5.88 Å². The van der Waals surface area contributed by atoms with Crippen molar-refractivity contribution in [1.29, 1.82) is 0 Å². The van der Waals surface area contributed by atoms with Crippen LogP contribution in [0.2, 0.25) is 0 Å². The van der Waals surface area contributed by atoms with Crippen molar-refractivity contribution in [3.05, 3.63) is 52.0 Å². The summed E-state index contributed by atoms with van der Waals surface area (Å²) < 4.78 is 5.63. The molecular weight excluding hydrogens is 366 g/mol. The fourth-order valence-electron chi connectivity index (χ4n) is 2.46. The number of carbonyl (C=O) groups is 1. The maximum absolute atomic E-state index is 12.5. The molecule has 0 saturated heterocycles. The summed E-state index contributed by atoms with van der Waals surface area (Å²) in [6.45, 7) is 3.05. The second-order valence-corrected chi connectivity index (χ2v) is 8.30. The molecule has 4 rings (SSSR count). The third kappa shape index (κ3) is 4.11. The number of nitrogens with one attached hydrogen (secondary N) is 1. The van der Waals surface area contributed by atoms with Gasteiger partial charge in [0, 0.05) is 18.8 Å². The van der Waals surface area contributed by atoms with E-state index < -0.39 is 0 Å². The van der Waals surface area contributed by atoms with Gasteiger partial charge in [0.1, 0.15) is 9.88 Å². The average molecular weight is 386 g/mol. The molecule has 3 aromatic heterocycles. The second-order valence-electron chi connectivity index (χ2n) is 6.35. The number of nitrogens with zero attached hydrogens (tertiary/aromatic N) is 2. The first kappa shape index (κ1) is 17.2. The van der Waals surface area contributed by atoms with Crippen LogP contribution in [0.3, 0.4) is 0 Å². The van der Waals surface area contributed by atoms with E-state index >= 15 is 0 Å².